The zero-order chi connectivity index (χ0) is 22.3. The van der Waals surface area contributed by atoms with Crippen molar-refractivity contribution in [3.05, 3.63) is 68.4 Å². The van der Waals surface area contributed by atoms with Gasteiger partial charge in [-0.05, 0) is 66.2 Å². The Morgan fingerprint density at radius 1 is 1.25 bits per heavy atom. The third-order valence-corrected chi connectivity index (χ3v) is 11.0. The van der Waals surface area contributed by atoms with Gasteiger partial charge >= 0.3 is 0 Å². The van der Waals surface area contributed by atoms with Crippen LogP contribution in [0.1, 0.15) is 45.5 Å². The molecule has 5 rings (SSSR count). The van der Waals surface area contributed by atoms with Crippen LogP contribution in [0.15, 0.2) is 63.4 Å². The summed E-state index contributed by atoms with van der Waals surface area (Å²) >= 11 is 7.74. The van der Waals surface area contributed by atoms with Crippen molar-refractivity contribution in [2.75, 3.05) is 6.54 Å². The Balaban J connectivity index is 1.40. The molecule has 0 radical (unpaired) electrons. The van der Waals surface area contributed by atoms with E-state index in [1.165, 1.54) is 30.7 Å². The topological polar surface area (TPSA) is 7.12 Å². The molecule has 2 aromatic rings. The Morgan fingerprint density at radius 3 is 2.94 bits per heavy atom. The summed E-state index contributed by atoms with van der Waals surface area (Å²) in [6.45, 7) is 11.4. The monoisotopic (exact) mass is 499 g/mol. The summed E-state index contributed by atoms with van der Waals surface area (Å²) in [7, 11) is 0. The van der Waals surface area contributed by atoms with Crippen LogP contribution in [0.3, 0.4) is 0 Å². The van der Waals surface area contributed by atoms with Crippen LogP contribution in [0.2, 0.25) is 0 Å². The zero-order valence-electron chi connectivity index (χ0n) is 19.2. The summed E-state index contributed by atoms with van der Waals surface area (Å²) in [5.74, 6) is 0. The van der Waals surface area contributed by atoms with Crippen LogP contribution in [-0.4, -0.2) is 22.1 Å². The summed E-state index contributed by atoms with van der Waals surface area (Å²) < 4.78 is 3.87. The maximum Gasteiger partial charge on any atom is 0.280 e. The largest absolute Gasteiger partial charge is 0.353 e. The highest BCUT2D eigenvalue weighted by atomic mass is 32.2. The Bertz CT molecular complexity index is 1160. The van der Waals surface area contributed by atoms with E-state index in [-0.39, 0.29) is 5.41 Å². The summed E-state index contributed by atoms with van der Waals surface area (Å²) in [4.78, 5) is 3.95. The number of allylic oxidation sites excluding steroid dienone is 6. The molecular formula is C26H31N2S4+. The summed E-state index contributed by atoms with van der Waals surface area (Å²) in [5, 5.41) is 8.44. The quantitative estimate of drug-likeness (QED) is 0.387. The van der Waals surface area contributed by atoms with Gasteiger partial charge in [-0.2, -0.15) is 4.57 Å². The molecule has 1 saturated heterocycles. The van der Waals surface area contributed by atoms with Gasteiger partial charge in [0.05, 0.1) is 15.7 Å². The number of thiazole rings is 1. The molecule has 0 aromatic carbocycles. The predicted octanol–water partition coefficient (Wildman–Crippen LogP) is 7.82. The third-order valence-electron chi connectivity index (χ3n) is 6.20. The van der Waals surface area contributed by atoms with E-state index < -0.39 is 0 Å². The lowest BCUT2D eigenvalue weighted by molar-refractivity contribution is -0.663. The molecule has 1 aliphatic carbocycles. The van der Waals surface area contributed by atoms with E-state index in [9.17, 15) is 0 Å². The first-order chi connectivity index (χ1) is 15.5. The molecule has 6 heteroatoms. The Morgan fingerprint density at radius 2 is 2.12 bits per heavy atom. The van der Waals surface area contributed by atoms with Crippen LogP contribution < -0.4 is 4.57 Å². The minimum absolute atomic E-state index is 0.287. The number of thioether (sulfide) groups is 2. The fourth-order valence-electron chi connectivity index (χ4n) is 4.89. The highest BCUT2D eigenvalue weighted by molar-refractivity contribution is 8.08. The molecule has 1 fully saturated rings. The number of aromatic nitrogens is 1. The normalized spacial score (nSPS) is 27.4. The molecule has 32 heavy (non-hydrogen) atoms. The maximum atomic E-state index is 2.54. The van der Waals surface area contributed by atoms with Crippen molar-refractivity contribution < 1.29 is 4.57 Å². The molecule has 0 saturated carbocycles. The lowest BCUT2D eigenvalue weighted by Crippen LogP contribution is -2.32. The van der Waals surface area contributed by atoms with Gasteiger partial charge in [-0.15, -0.1) is 11.8 Å². The second-order valence-electron chi connectivity index (χ2n) is 9.32. The van der Waals surface area contributed by atoms with Gasteiger partial charge in [0.2, 0.25) is 0 Å². The first-order valence-corrected chi connectivity index (χ1v) is 14.9. The Kier molecular flexibility index (Phi) is 6.49. The number of aryl methyl sites for hydroxylation is 1. The molecule has 0 amide bonds. The summed E-state index contributed by atoms with van der Waals surface area (Å²) in [6.07, 6.45) is 16.4. The standard InChI is InChI=1S/C26H31N2S4/c1-5-27-22(31-20-10-12-29-24(20)27)9-7-8-18-14-19(17-26(3,4)16-18)15-23-28(6-2)25-21(32-23)11-13-30-25/h7-15,20,24H,5-6,16-17H2,1-4H3/q+1. The Labute approximate surface area is 208 Å². The van der Waals surface area contributed by atoms with E-state index in [1.54, 1.807) is 0 Å². The van der Waals surface area contributed by atoms with Gasteiger partial charge in [-0.1, -0.05) is 72.6 Å². The van der Waals surface area contributed by atoms with Gasteiger partial charge in [0.15, 0.2) is 0 Å². The van der Waals surface area contributed by atoms with Gasteiger partial charge in [-0.3, -0.25) is 0 Å². The smallest absolute Gasteiger partial charge is 0.280 e. The SMILES string of the molecule is CCN1C(=CC=CC2=C/C(=C/c3sc4ccsc4[n+]3CC)CC(C)(C)C2)SC2C=CSC21. The fraction of sp³-hybridized carbons (Fsp3) is 0.423. The first-order valence-electron chi connectivity index (χ1n) is 11.4. The van der Waals surface area contributed by atoms with Gasteiger partial charge in [0.25, 0.3) is 9.84 Å². The lowest BCUT2D eigenvalue weighted by Gasteiger charge is -2.30. The van der Waals surface area contributed by atoms with Crippen molar-refractivity contribution in [2.45, 2.75) is 57.7 Å². The molecule has 2 nitrogen and oxygen atoms in total. The van der Waals surface area contributed by atoms with Crippen molar-refractivity contribution in [3.63, 3.8) is 0 Å². The van der Waals surface area contributed by atoms with E-state index in [4.69, 9.17) is 0 Å². The zero-order valence-corrected chi connectivity index (χ0v) is 22.5. The van der Waals surface area contributed by atoms with Gasteiger partial charge in [0, 0.05) is 12.6 Å². The minimum Gasteiger partial charge on any atom is -0.353 e. The molecule has 2 unspecified atom stereocenters. The first kappa shape index (κ1) is 22.6. The molecule has 2 aliphatic heterocycles. The average molecular weight is 500 g/mol. The number of thiophene rings is 1. The summed E-state index contributed by atoms with van der Waals surface area (Å²) in [5.41, 5.74) is 3.17. The second-order valence-corrected chi connectivity index (χ2v) is 13.5. The minimum atomic E-state index is 0.287. The van der Waals surface area contributed by atoms with E-state index in [0.717, 1.165) is 25.9 Å². The maximum absolute atomic E-state index is 2.54. The van der Waals surface area contributed by atoms with E-state index in [1.807, 2.05) is 46.2 Å². The molecule has 2 atom stereocenters. The van der Waals surface area contributed by atoms with E-state index in [2.05, 4.69) is 90.5 Å². The second kappa shape index (κ2) is 9.21. The number of rotatable bonds is 5. The van der Waals surface area contributed by atoms with E-state index in [0.29, 0.717) is 10.6 Å². The number of nitrogens with zero attached hydrogens (tertiary/aromatic N) is 2. The molecule has 2 aromatic heterocycles. The molecule has 0 spiro atoms. The highest BCUT2D eigenvalue weighted by Crippen LogP contribution is 2.48. The molecule has 4 heterocycles. The molecule has 0 bridgehead atoms. The molecular weight excluding hydrogens is 469 g/mol. The number of fused-ring (bicyclic) bond motifs is 2. The van der Waals surface area contributed by atoms with E-state index >= 15 is 0 Å². The third kappa shape index (κ3) is 4.44. The summed E-state index contributed by atoms with van der Waals surface area (Å²) in [6, 6.07) is 2.25. The predicted molar refractivity (Wildman–Crippen MR) is 146 cm³/mol. The van der Waals surface area contributed by atoms with Crippen LogP contribution in [0.4, 0.5) is 0 Å². The number of hydrogen-bond acceptors (Lipinski definition) is 5. The Hall–Kier alpha value is -1.21. The highest BCUT2D eigenvalue weighted by Gasteiger charge is 2.38. The van der Waals surface area contributed by atoms with Crippen LogP contribution in [0.5, 0.6) is 0 Å². The average Bonchev–Trinajstić information content (AvgIpc) is 3.47. The van der Waals surface area contributed by atoms with Gasteiger partial charge in [0.1, 0.15) is 11.2 Å². The van der Waals surface area contributed by atoms with Crippen LogP contribution in [0, 0.1) is 5.41 Å². The lowest BCUT2D eigenvalue weighted by atomic mass is 9.75. The number of hydrogen-bond donors (Lipinski definition) is 0. The van der Waals surface area contributed by atoms with Crippen molar-refractivity contribution in [1.82, 2.24) is 4.90 Å². The van der Waals surface area contributed by atoms with Crippen molar-refractivity contribution in [2.24, 2.45) is 5.41 Å². The molecule has 0 N–H and O–H groups in total. The van der Waals surface area contributed by atoms with Crippen molar-refractivity contribution in [1.29, 1.82) is 0 Å². The van der Waals surface area contributed by atoms with Crippen molar-refractivity contribution in [3.8, 4) is 0 Å². The van der Waals surface area contributed by atoms with Gasteiger partial charge in [-0.25, -0.2) is 0 Å². The molecule has 3 aliphatic rings. The van der Waals surface area contributed by atoms with Crippen LogP contribution in [-0.2, 0) is 6.54 Å². The van der Waals surface area contributed by atoms with Crippen LogP contribution in [0.25, 0.3) is 15.6 Å². The van der Waals surface area contributed by atoms with Crippen molar-refractivity contribution >= 4 is 61.8 Å². The van der Waals surface area contributed by atoms with Crippen LogP contribution >= 0.6 is 46.2 Å². The van der Waals surface area contributed by atoms with Gasteiger partial charge < -0.3 is 4.90 Å². The molecule has 168 valence electrons. The fourth-order valence-corrected chi connectivity index (χ4v) is 10.1.